The van der Waals surface area contributed by atoms with Gasteiger partial charge in [-0.2, -0.15) is 0 Å². The summed E-state index contributed by atoms with van der Waals surface area (Å²) in [5.41, 5.74) is 4.08. The minimum atomic E-state index is 0.800. The number of aliphatic imine (C=N–C) groups is 1. The van der Waals surface area contributed by atoms with E-state index in [0.29, 0.717) is 0 Å². The van der Waals surface area contributed by atoms with Crippen LogP contribution in [0.5, 0.6) is 11.5 Å². The lowest BCUT2D eigenvalue weighted by atomic mass is 9.95. The maximum absolute atomic E-state index is 5.78. The zero-order valence-electron chi connectivity index (χ0n) is 15.8. The van der Waals surface area contributed by atoms with Crippen molar-refractivity contribution in [3.05, 3.63) is 72.7 Å². The first-order valence-electron chi connectivity index (χ1n) is 8.62. The lowest BCUT2D eigenvalue weighted by Gasteiger charge is -2.17. The number of pyridine rings is 1. The van der Waals surface area contributed by atoms with Gasteiger partial charge in [0, 0.05) is 40.5 Å². The Kier molecular flexibility index (Phi) is 5.67. The lowest BCUT2D eigenvalue weighted by Crippen LogP contribution is -1.95. The molecule has 0 amide bonds. The fraction of sp³-hybridized carbons (Fsp3) is 0.130. The Labute approximate surface area is 159 Å². The molecule has 2 aromatic carbocycles. The smallest absolute Gasteiger partial charge is 0.134 e. The Bertz CT molecular complexity index is 1020. The molecule has 0 aliphatic heterocycles. The lowest BCUT2D eigenvalue weighted by molar-refractivity contribution is 0.415. The highest BCUT2D eigenvalue weighted by atomic mass is 16.5. The highest BCUT2D eigenvalue weighted by molar-refractivity contribution is 6.01. The van der Waals surface area contributed by atoms with Gasteiger partial charge in [0.2, 0.25) is 0 Å². The molecule has 0 saturated heterocycles. The van der Waals surface area contributed by atoms with E-state index in [1.54, 1.807) is 32.8 Å². The first-order valence-corrected chi connectivity index (χ1v) is 8.62. The zero-order valence-corrected chi connectivity index (χ0v) is 15.8. The van der Waals surface area contributed by atoms with E-state index < -0.39 is 0 Å². The van der Waals surface area contributed by atoms with E-state index in [9.17, 15) is 0 Å². The quantitative estimate of drug-likeness (QED) is 0.429. The van der Waals surface area contributed by atoms with Gasteiger partial charge < -0.3 is 9.47 Å². The van der Waals surface area contributed by atoms with Crippen LogP contribution in [0.1, 0.15) is 12.5 Å². The average molecular weight is 358 g/mol. The van der Waals surface area contributed by atoms with E-state index in [2.05, 4.69) is 34.9 Å². The molecule has 0 N–H and O–H groups in total. The molecule has 1 aromatic heterocycles. The van der Waals surface area contributed by atoms with Crippen LogP contribution in [0.4, 0.5) is 0 Å². The van der Waals surface area contributed by atoms with Crippen LogP contribution in [0.25, 0.3) is 27.5 Å². The third kappa shape index (κ3) is 3.47. The molecule has 3 rings (SSSR count). The van der Waals surface area contributed by atoms with Crippen molar-refractivity contribution in [1.82, 2.24) is 4.98 Å². The molecule has 0 bridgehead atoms. The Hall–Kier alpha value is -3.40. The topological polar surface area (TPSA) is 43.7 Å². The van der Waals surface area contributed by atoms with Gasteiger partial charge in [-0.3, -0.25) is 9.98 Å². The molecule has 0 fully saturated rings. The third-order valence-electron chi connectivity index (χ3n) is 4.48. The van der Waals surface area contributed by atoms with E-state index in [-0.39, 0.29) is 0 Å². The largest absolute Gasteiger partial charge is 0.495 e. The molecule has 27 heavy (non-hydrogen) atoms. The van der Waals surface area contributed by atoms with E-state index in [0.717, 1.165) is 44.5 Å². The Morgan fingerprint density at radius 1 is 0.963 bits per heavy atom. The first-order chi connectivity index (χ1) is 13.2. The van der Waals surface area contributed by atoms with Crippen molar-refractivity contribution in [2.24, 2.45) is 4.99 Å². The fourth-order valence-electron chi connectivity index (χ4n) is 3.25. The SMILES string of the molecule is C=N/C=C\C(=C/C)c1ccc2c(OC)c(-c3ccncc3)ccc2c1OC. The highest BCUT2D eigenvalue weighted by Gasteiger charge is 2.16. The monoisotopic (exact) mass is 358 g/mol. The molecule has 4 heteroatoms. The summed E-state index contributed by atoms with van der Waals surface area (Å²) in [5, 5.41) is 1.98. The van der Waals surface area contributed by atoms with E-state index >= 15 is 0 Å². The molecular weight excluding hydrogens is 336 g/mol. The van der Waals surface area contributed by atoms with E-state index in [4.69, 9.17) is 9.47 Å². The van der Waals surface area contributed by atoms with E-state index in [1.165, 1.54) is 0 Å². The number of aromatic nitrogens is 1. The fourth-order valence-corrected chi connectivity index (χ4v) is 3.25. The number of allylic oxidation sites excluding steroid dienone is 3. The molecule has 3 aromatic rings. The minimum absolute atomic E-state index is 0.800. The second kappa shape index (κ2) is 8.32. The summed E-state index contributed by atoms with van der Waals surface area (Å²) in [7, 11) is 3.37. The van der Waals surface area contributed by atoms with Crippen molar-refractivity contribution in [3.8, 4) is 22.6 Å². The van der Waals surface area contributed by atoms with Crippen LogP contribution in [0, 0.1) is 0 Å². The van der Waals surface area contributed by atoms with Gasteiger partial charge in [-0.05, 0) is 67.3 Å². The molecule has 4 nitrogen and oxygen atoms in total. The molecule has 0 saturated carbocycles. The molecule has 0 aliphatic rings. The predicted octanol–water partition coefficient (Wildman–Crippen LogP) is 5.54. The minimum Gasteiger partial charge on any atom is -0.495 e. The molecule has 0 atom stereocenters. The van der Waals surface area contributed by atoms with Crippen molar-refractivity contribution in [2.75, 3.05) is 14.2 Å². The predicted molar refractivity (Wildman–Crippen MR) is 113 cm³/mol. The number of nitrogens with zero attached hydrogens (tertiary/aromatic N) is 2. The Balaban J connectivity index is 2.27. The van der Waals surface area contributed by atoms with Crippen LogP contribution in [0.3, 0.4) is 0 Å². The maximum Gasteiger partial charge on any atom is 0.134 e. The summed E-state index contributed by atoms with van der Waals surface area (Å²) in [4.78, 5) is 7.90. The number of methoxy groups -OCH3 is 2. The van der Waals surface area contributed by atoms with Crippen LogP contribution < -0.4 is 9.47 Å². The van der Waals surface area contributed by atoms with Gasteiger partial charge in [0.05, 0.1) is 14.2 Å². The zero-order chi connectivity index (χ0) is 19.2. The molecule has 0 spiro atoms. The van der Waals surface area contributed by atoms with Gasteiger partial charge in [-0.15, -0.1) is 0 Å². The average Bonchev–Trinajstić information content (AvgIpc) is 2.73. The number of hydrogen-bond donors (Lipinski definition) is 0. The first kappa shape index (κ1) is 18.4. The molecule has 0 aliphatic carbocycles. The Morgan fingerprint density at radius 2 is 1.63 bits per heavy atom. The normalized spacial score (nSPS) is 11.7. The van der Waals surface area contributed by atoms with Crippen LogP contribution in [-0.2, 0) is 0 Å². The summed E-state index contributed by atoms with van der Waals surface area (Å²) in [6.07, 6.45) is 9.17. The molecule has 0 unspecified atom stereocenters. The van der Waals surface area contributed by atoms with Crippen LogP contribution in [0.2, 0.25) is 0 Å². The number of benzene rings is 2. The van der Waals surface area contributed by atoms with Gasteiger partial charge >= 0.3 is 0 Å². The number of rotatable bonds is 6. The maximum atomic E-state index is 5.78. The second-order valence-corrected chi connectivity index (χ2v) is 5.87. The van der Waals surface area contributed by atoms with Gasteiger partial charge in [-0.25, -0.2) is 0 Å². The van der Waals surface area contributed by atoms with Gasteiger partial charge in [0.15, 0.2) is 0 Å². The summed E-state index contributed by atoms with van der Waals surface area (Å²) in [6, 6.07) is 12.2. The summed E-state index contributed by atoms with van der Waals surface area (Å²) in [5.74, 6) is 1.61. The van der Waals surface area contributed by atoms with Gasteiger partial charge in [0.25, 0.3) is 0 Å². The molecule has 0 radical (unpaired) electrons. The van der Waals surface area contributed by atoms with Gasteiger partial charge in [-0.1, -0.05) is 6.08 Å². The molecule has 136 valence electrons. The Morgan fingerprint density at radius 3 is 2.26 bits per heavy atom. The van der Waals surface area contributed by atoms with Crippen molar-refractivity contribution in [2.45, 2.75) is 6.92 Å². The van der Waals surface area contributed by atoms with Gasteiger partial charge in [0.1, 0.15) is 11.5 Å². The summed E-state index contributed by atoms with van der Waals surface area (Å²) in [6.45, 7) is 5.48. The number of ether oxygens (including phenoxy) is 2. The number of fused-ring (bicyclic) bond motifs is 1. The standard InChI is InChI=1S/C23H22N2O2/c1-5-16(10-13-24-2)18-6-8-21-20(22(18)26-3)9-7-19(23(21)27-4)17-11-14-25-15-12-17/h5-15H,2H2,1,3-4H3/b13-10-,16-5+. The van der Waals surface area contributed by atoms with Crippen LogP contribution in [-0.4, -0.2) is 25.9 Å². The van der Waals surface area contributed by atoms with Crippen LogP contribution in [0.15, 0.2) is 72.1 Å². The van der Waals surface area contributed by atoms with Crippen LogP contribution >= 0.6 is 0 Å². The number of hydrogen-bond acceptors (Lipinski definition) is 4. The summed E-state index contributed by atoms with van der Waals surface area (Å²) < 4.78 is 11.6. The summed E-state index contributed by atoms with van der Waals surface area (Å²) >= 11 is 0. The second-order valence-electron chi connectivity index (χ2n) is 5.87. The van der Waals surface area contributed by atoms with E-state index in [1.807, 2.05) is 37.3 Å². The highest BCUT2D eigenvalue weighted by Crippen LogP contribution is 2.42. The molecule has 1 heterocycles. The third-order valence-corrected chi connectivity index (χ3v) is 4.48. The molecular formula is C23H22N2O2. The van der Waals surface area contributed by atoms with Crippen molar-refractivity contribution in [1.29, 1.82) is 0 Å². The van der Waals surface area contributed by atoms with Crippen molar-refractivity contribution >= 4 is 23.1 Å². The van der Waals surface area contributed by atoms with Crippen molar-refractivity contribution in [3.63, 3.8) is 0 Å². The van der Waals surface area contributed by atoms with Crippen molar-refractivity contribution < 1.29 is 9.47 Å².